The molecule has 0 saturated heterocycles. The topological polar surface area (TPSA) is 72.2 Å². The average Bonchev–Trinajstić information content (AvgIpc) is 3.26. The molecule has 20 heavy (non-hydrogen) atoms. The van der Waals surface area contributed by atoms with Crippen molar-refractivity contribution >= 4 is 9.84 Å². The van der Waals surface area contributed by atoms with Crippen LogP contribution < -0.4 is 11.3 Å². The van der Waals surface area contributed by atoms with Crippen molar-refractivity contribution in [3.63, 3.8) is 0 Å². The molecule has 0 amide bonds. The van der Waals surface area contributed by atoms with Gasteiger partial charge < -0.3 is 0 Å². The van der Waals surface area contributed by atoms with Gasteiger partial charge >= 0.3 is 0 Å². The standard InChI is InChI=1S/C15H24N2O2S/c1-2-20(18,19)12-6-9-14(17-16)15(10-11-15)13-7-4-3-5-8-13/h3-5,7-8,14,17H,2,6,9-12,16H2,1H3. The van der Waals surface area contributed by atoms with E-state index in [0.717, 1.165) is 19.3 Å². The van der Waals surface area contributed by atoms with Crippen LogP contribution in [0.4, 0.5) is 0 Å². The summed E-state index contributed by atoms with van der Waals surface area (Å²) >= 11 is 0. The van der Waals surface area contributed by atoms with Crippen molar-refractivity contribution < 1.29 is 8.42 Å². The predicted molar refractivity (Wildman–Crippen MR) is 82.0 cm³/mol. The number of rotatable bonds is 8. The molecule has 0 aliphatic heterocycles. The van der Waals surface area contributed by atoms with E-state index in [9.17, 15) is 8.42 Å². The van der Waals surface area contributed by atoms with Crippen molar-refractivity contribution in [2.45, 2.75) is 44.1 Å². The van der Waals surface area contributed by atoms with Crippen molar-refractivity contribution in [3.05, 3.63) is 35.9 Å². The maximum atomic E-state index is 11.6. The minimum atomic E-state index is -2.88. The molecule has 1 aromatic carbocycles. The Morgan fingerprint density at radius 3 is 2.45 bits per heavy atom. The van der Waals surface area contributed by atoms with Crippen molar-refractivity contribution in [1.29, 1.82) is 0 Å². The summed E-state index contributed by atoms with van der Waals surface area (Å²) in [5.41, 5.74) is 4.32. The van der Waals surface area contributed by atoms with Gasteiger partial charge in [0.25, 0.3) is 0 Å². The molecule has 1 atom stereocenters. The van der Waals surface area contributed by atoms with Crippen LogP contribution in [0.1, 0.15) is 38.2 Å². The molecule has 1 saturated carbocycles. The van der Waals surface area contributed by atoms with Crippen molar-refractivity contribution in [3.8, 4) is 0 Å². The lowest BCUT2D eigenvalue weighted by Crippen LogP contribution is -2.44. The third-order valence-electron chi connectivity index (χ3n) is 4.39. The summed E-state index contributed by atoms with van der Waals surface area (Å²) < 4.78 is 23.1. The molecule has 0 aromatic heterocycles. The van der Waals surface area contributed by atoms with Crippen molar-refractivity contribution in [2.24, 2.45) is 5.84 Å². The minimum Gasteiger partial charge on any atom is -0.271 e. The van der Waals surface area contributed by atoms with Crippen LogP contribution in [0.25, 0.3) is 0 Å². The zero-order valence-electron chi connectivity index (χ0n) is 12.0. The SMILES string of the molecule is CCS(=O)(=O)CCCC(NN)C1(c2ccccc2)CC1. The highest BCUT2D eigenvalue weighted by atomic mass is 32.2. The Hall–Kier alpha value is -0.910. The highest BCUT2D eigenvalue weighted by Crippen LogP contribution is 2.51. The summed E-state index contributed by atoms with van der Waals surface area (Å²) in [6.45, 7) is 1.69. The summed E-state index contributed by atoms with van der Waals surface area (Å²) in [5.74, 6) is 6.20. The molecule has 1 unspecified atom stereocenters. The second-order valence-corrected chi connectivity index (χ2v) is 8.09. The Balaban J connectivity index is 1.99. The third-order valence-corrected chi connectivity index (χ3v) is 6.18. The Labute approximate surface area is 121 Å². The maximum absolute atomic E-state index is 11.6. The first-order valence-corrected chi connectivity index (χ1v) is 9.08. The largest absolute Gasteiger partial charge is 0.271 e. The molecule has 5 heteroatoms. The Kier molecular flexibility index (Phi) is 4.83. The van der Waals surface area contributed by atoms with Crippen LogP contribution in [0.2, 0.25) is 0 Å². The van der Waals surface area contributed by atoms with Gasteiger partial charge in [-0.25, -0.2) is 8.42 Å². The lowest BCUT2D eigenvalue weighted by Gasteiger charge is -2.27. The zero-order valence-corrected chi connectivity index (χ0v) is 12.8. The van der Waals surface area contributed by atoms with E-state index in [1.54, 1.807) is 6.92 Å². The molecule has 4 nitrogen and oxygen atoms in total. The number of nitrogens with two attached hydrogens (primary N) is 1. The lowest BCUT2D eigenvalue weighted by molar-refractivity contribution is 0.395. The number of hydrazine groups is 1. The molecule has 1 aromatic rings. The molecule has 0 spiro atoms. The predicted octanol–water partition coefficient (Wildman–Crippen LogP) is 1.77. The van der Waals surface area contributed by atoms with Gasteiger partial charge in [0.05, 0.1) is 5.75 Å². The van der Waals surface area contributed by atoms with E-state index in [-0.39, 0.29) is 23.0 Å². The molecule has 1 aliphatic rings. The van der Waals surface area contributed by atoms with Gasteiger partial charge in [-0.05, 0) is 31.2 Å². The highest BCUT2D eigenvalue weighted by Gasteiger charge is 2.49. The monoisotopic (exact) mass is 296 g/mol. The van der Waals surface area contributed by atoms with E-state index in [2.05, 4.69) is 17.6 Å². The van der Waals surface area contributed by atoms with Crippen molar-refractivity contribution in [1.82, 2.24) is 5.43 Å². The Morgan fingerprint density at radius 1 is 1.30 bits per heavy atom. The van der Waals surface area contributed by atoms with E-state index in [1.165, 1.54) is 5.56 Å². The van der Waals surface area contributed by atoms with Gasteiger partial charge in [-0.2, -0.15) is 0 Å². The number of nitrogens with one attached hydrogen (secondary N) is 1. The molecular weight excluding hydrogens is 272 g/mol. The molecule has 3 N–H and O–H groups in total. The highest BCUT2D eigenvalue weighted by molar-refractivity contribution is 7.91. The number of sulfone groups is 1. The average molecular weight is 296 g/mol. The molecule has 2 rings (SSSR count). The van der Waals surface area contributed by atoms with E-state index < -0.39 is 9.84 Å². The Morgan fingerprint density at radius 2 is 1.95 bits per heavy atom. The zero-order chi connectivity index (χ0) is 14.6. The van der Waals surface area contributed by atoms with E-state index in [1.807, 2.05) is 18.2 Å². The van der Waals surface area contributed by atoms with Crippen LogP contribution in [0, 0.1) is 0 Å². The summed E-state index contributed by atoms with van der Waals surface area (Å²) in [4.78, 5) is 0. The van der Waals surface area contributed by atoms with Gasteiger partial charge in [0.1, 0.15) is 9.84 Å². The summed E-state index contributed by atoms with van der Waals surface area (Å²) in [6, 6.07) is 10.5. The fourth-order valence-corrected chi connectivity index (χ4v) is 3.81. The van der Waals surface area contributed by atoms with E-state index in [0.29, 0.717) is 6.42 Å². The van der Waals surface area contributed by atoms with Crippen molar-refractivity contribution in [2.75, 3.05) is 11.5 Å². The number of benzene rings is 1. The first-order valence-electron chi connectivity index (χ1n) is 7.26. The summed E-state index contributed by atoms with van der Waals surface area (Å²) in [6.07, 6.45) is 3.70. The van der Waals surface area contributed by atoms with Gasteiger partial charge in [0.2, 0.25) is 0 Å². The maximum Gasteiger partial charge on any atom is 0.150 e. The van der Waals surface area contributed by atoms with E-state index in [4.69, 9.17) is 5.84 Å². The second kappa shape index (κ2) is 6.24. The van der Waals surface area contributed by atoms with Crippen LogP contribution in [0.3, 0.4) is 0 Å². The smallest absolute Gasteiger partial charge is 0.150 e. The molecule has 0 radical (unpaired) electrons. The van der Waals surface area contributed by atoms with Gasteiger partial charge in [0, 0.05) is 17.2 Å². The molecule has 1 aliphatic carbocycles. The number of hydrogen-bond donors (Lipinski definition) is 2. The van der Waals surface area contributed by atoms with Gasteiger partial charge in [-0.1, -0.05) is 37.3 Å². The minimum absolute atomic E-state index is 0.103. The van der Waals surface area contributed by atoms with Crippen LogP contribution in [0.15, 0.2) is 30.3 Å². The summed E-state index contributed by atoms with van der Waals surface area (Å²) in [5, 5.41) is 0. The fraction of sp³-hybridized carbons (Fsp3) is 0.600. The normalized spacial score (nSPS) is 18.7. The molecule has 112 valence electrons. The fourth-order valence-electron chi connectivity index (χ4n) is 2.91. The van der Waals surface area contributed by atoms with Crippen LogP contribution in [-0.4, -0.2) is 26.0 Å². The first-order chi connectivity index (χ1) is 9.54. The molecular formula is C15H24N2O2S. The van der Waals surface area contributed by atoms with Gasteiger partial charge in [-0.3, -0.25) is 11.3 Å². The van der Waals surface area contributed by atoms with Gasteiger partial charge in [0.15, 0.2) is 0 Å². The lowest BCUT2D eigenvalue weighted by atomic mass is 9.86. The Bertz CT molecular complexity index is 524. The third kappa shape index (κ3) is 3.40. The van der Waals surface area contributed by atoms with Gasteiger partial charge in [-0.15, -0.1) is 0 Å². The molecule has 0 heterocycles. The van der Waals surface area contributed by atoms with E-state index >= 15 is 0 Å². The number of hydrogen-bond acceptors (Lipinski definition) is 4. The molecule has 1 fully saturated rings. The summed E-state index contributed by atoms with van der Waals surface area (Å²) in [7, 11) is -2.88. The second-order valence-electron chi connectivity index (χ2n) is 5.62. The van der Waals surface area contributed by atoms with Crippen LogP contribution >= 0.6 is 0 Å². The quantitative estimate of drug-likeness (QED) is 0.566. The first kappa shape index (κ1) is 15.5. The molecule has 0 bridgehead atoms. The van der Waals surface area contributed by atoms with Crippen LogP contribution in [-0.2, 0) is 15.3 Å². The van der Waals surface area contributed by atoms with Crippen LogP contribution in [0.5, 0.6) is 0 Å².